The number of nitrogens with zero attached hydrogens (tertiary/aromatic N) is 1. The van der Waals surface area contributed by atoms with E-state index in [0.29, 0.717) is 23.7 Å². The van der Waals surface area contributed by atoms with Gasteiger partial charge in [0.2, 0.25) is 0 Å². The lowest BCUT2D eigenvalue weighted by molar-refractivity contribution is 0.365. The van der Waals surface area contributed by atoms with Crippen LogP contribution in [-0.4, -0.2) is 0 Å². The second-order valence-electron chi connectivity index (χ2n) is 5.02. The minimum Gasteiger partial charge on any atom is -0.192 e. The molecule has 0 amide bonds. The summed E-state index contributed by atoms with van der Waals surface area (Å²) in [6.07, 6.45) is 10.6. The molecule has 1 aliphatic carbocycles. The van der Waals surface area contributed by atoms with E-state index in [1.54, 1.807) is 0 Å². The molecule has 0 bridgehead atoms. The molecule has 0 N–H and O–H groups in total. The topological polar surface area (TPSA) is 23.8 Å². The molecule has 1 aliphatic rings. The van der Waals surface area contributed by atoms with Crippen molar-refractivity contribution in [1.82, 2.24) is 0 Å². The smallest absolute Gasteiger partial charge is 0.0988 e. The van der Waals surface area contributed by atoms with E-state index in [0.717, 1.165) is 5.57 Å². The SMILES string of the molecule is CC1C=CC([C@@H](C)C(C)C)/C=C\C(C#N)=C1. The van der Waals surface area contributed by atoms with Crippen LogP contribution in [0.3, 0.4) is 0 Å². The highest BCUT2D eigenvalue weighted by Gasteiger charge is 2.16. The number of allylic oxidation sites excluding steroid dienone is 6. The van der Waals surface area contributed by atoms with Gasteiger partial charge in [0.05, 0.1) is 6.07 Å². The van der Waals surface area contributed by atoms with E-state index in [1.165, 1.54) is 0 Å². The first kappa shape index (κ1) is 12.8. The van der Waals surface area contributed by atoms with Gasteiger partial charge in [-0.2, -0.15) is 5.26 Å². The first-order valence-electron chi connectivity index (χ1n) is 6.03. The fraction of sp³-hybridized carbons (Fsp3) is 0.533. The molecule has 0 radical (unpaired) electrons. The molecule has 0 saturated carbocycles. The van der Waals surface area contributed by atoms with Crippen LogP contribution in [0.5, 0.6) is 0 Å². The molecule has 86 valence electrons. The second-order valence-corrected chi connectivity index (χ2v) is 5.02. The van der Waals surface area contributed by atoms with E-state index in [-0.39, 0.29) is 0 Å². The fourth-order valence-electron chi connectivity index (χ4n) is 1.85. The Morgan fingerprint density at radius 2 is 1.88 bits per heavy atom. The van der Waals surface area contributed by atoms with Crippen molar-refractivity contribution in [3.8, 4) is 6.07 Å². The molecule has 2 unspecified atom stereocenters. The molecule has 0 aliphatic heterocycles. The summed E-state index contributed by atoms with van der Waals surface area (Å²) in [5.74, 6) is 2.06. The minimum absolute atomic E-state index is 0.349. The van der Waals surface area contributed by atoms with Crippen molar-refractivity contribution in [1.29, 1.82) is 5.26 Å². The van der Waals surface area contributed by atoms with Gasteiger partial charge < -0.3 is 0 Å². The van der Waals surface area contributed by atoms with Crippen LogP contribution in [0.15, 0.2) is 36.0 Å². The quantitative estimate of drug-likeness (QED) is 0.636. The molecule has 0 heterocycles. The van der Waals surface area contributed by atoms with Gasteiger partial charge in [0, 0.05) is 5.57 Å². The van der Waals surface area contributed by atoms with Crippen molar-refractivity contribution in [2.24, 2.45) is 23.7 Å². The van der Waals surface area contributed by atoms with Crippen LogP contribution in [0.1, 0.15) is 27.7 Å². The van der Waals surface area contributed by atoms with E-state index in [9.17, 15) is 0 Å². The molecular formula is C15H21N. The van der Waals surface area contributed by atoms with Gasteiger partial charge in [0.15, 0.2) is 0 Å². The molecule has 1 heteroatoms. The highest BCUT2D eigenvalue weighted by molar-refractivity contribution is 5.36. The molecule has 0 aromatic heterocycles. The second kappa shape index (κ2) is 5.70. The minimum atomic E-state index is 0.349. The standard InChI is InChI=1S/C15H21N/c1-11(2)13(4)15-7-5-12(3)9-14(10-16)6-8-15/h5-9,11-13,15H,1-4H3/b7-5?,8-6-,14-9?/t12?,13-,15?/m0/s1. The van der Waals surface area contributed by atoms with E-state index in [4.69, 9.17) is 5.26 Å². The van der Waals surface area contributed by atoms with Crippen LogP contribution >= 0.6 is 0 Å². The lowest BCUT2D eigenvalue weighted by Gasteiger charge is -2.22. The maximum absolute atomic E-state index is 8.97. The van der Waals surface area contributed by atoms with Gasteiger partial charge in [0.1, 0.15) is 0 Å². The zero-order chi connectivity index (χ0) is 12.1. The van der Waals surface area contributed by atoms with Gasteiger partial charge >= 0.3 is 0 Å². The number of hydrogen-bond donors (Lipinski definition) is 0. The molecule has 0 aromatic rings. The van der Waals surface area contributed by atoms with Crippen molar-refractivity contribution in [3.63, 3.8) is 0 Å². The first-order chi connectivity index (χ1) is 7.54. The number of nitriles is 1. The molecular weight excluding hydrogens is 194 g/mol. The Balaban J connectivity index is 2.92. The molecule has 1 rings (SSSR count). The normalized spacial score (nSPS) is 28.9. The summed E-state index contributed by atoms with van der Waals surface area (Å²) in [4.78, 5) is 0. The Morgan fingerprint density at radius 3 is 2.44 bits per heavy atom. The predicted molar refractivity (Wildman–Crippen MR) is 68.6 cm³/mol. The van der Waals surface area contributed by atoms with Crippen molar-refractivity contribution < 1.29 is 0 Å². The van der Waals surface area contributed by atoms with Crippen molar-refractivity contribution >= 4 is 0 Å². The predicted octanol–water partition coefficient (Wildman–Crippen LogP) is 4.11. The van der Waals surface area contributed by atoms with E-state index in [1.807, 2.05) is 12.2 Å². The highest BCUT2D eigenvalue weighted by atomic mass is 14.3. The molecule has 16 heavy (non-hydrogen) atoms. The van der Waals surface area contributed by atoms with E-state index in [2.05, 4.69) is 52.0 Å². The molecule has 1 nitrogen and oxygen atoms in total. The third kappa shape index (κ3) is 3.38. The molecule has 0 aromatic carbocycles. The summed E-state index contributed by atoms with van der Waals surface area (Å²) >= 11 is 0. The van der Waals surface area contributed by atoms with Crippen LogP contribution in [0, 0.1) is 35.0 Å². The highest BCUT2D eigenvalue weighted by Crippen LogP contribution is 2.25. The third-order valence-electron chi connectivity index (χ3n) is 3.37. The molecule has 0 spiro atoms. The van der Waals surface area contributed by atoms with Crippen LogP contribution in [0.4, 0.5) is 0 Å². The summed E-state index contributed by atoms with van der Waals surface area (Å²) in [5, 5.41) is 8.97. The Hall–Kier alpha value is -1.29. The summed E-state index contributed by atoms with van der Waals surface area (Å²) in [6.45, 7) is 8.88. The lowest BCUT2D eigenvalue weighted by Crippen LogP contribution is -2.14. The van der Waals surface area contributed by atoms with Crippen LogP contribution in [0.2, 0.25) is 0 Å². The van der Waals surface area contributed by atoms with E-state index < -0.39 is 0 Å². The Bertz CT molecular complexity index is 352. The number of rotatable bonds is 2. The zero-order valence-electron chi connectivity index (χ0n) is 10.6. The van der Waals surface area contributed by atoms with Gasteiger partial charge in [-0.05, 0) is 29.7 Å². The molecule has 3 atom stereocenters. The Labute approximate surface area is 99.2 Å². The van der Waals surface area contributed by atoms with Crippen LogP contribution < -0.4 is 0 Å². The monoisotopic (exact) mass is 215 g/mol. The Kier molecular flexibility index (Phi) is 4.55. The lowest BCUT2D eigenvalue weighted by atomic mass is 9.83. The van der Waals surface area contributed by atoms with Gasteiger partial charge in [-0.25, -0.2) is 0 Å². The first-order valence-corrected chi connectivity index (χ1v) is 6.03. The van der Waals surface area contributed by atoms with Crippen LogP contribution in [-0.2, 0) is 0 Å². The molecule has 0 saturated heterocycles. The fourth-order valence-corrected chi connectivity index (χ4v) is 1.85. The van der Waals surface area contributed by atoms with Gasteiger partial charge in [-0.3, -0.25) is 0 Å². The molecule has 0 fully saturated rings. The number of hydrogen-bond acceptors (Lipinski definition) is 1. The Morgan fingerprint density at radius 1 is 1.19 bits per heavy atom. The van der Waals surface area contributed by atoms with E-state index >= 15 is 0 Å². The summed E-state index contributed by atoms with van der Waals surface area (Å²) in [7, 11) is 0. The van der Waals surface area contributed by atoms with Crippen LogP contribution in [0.25, 0.3) is 0 Å². The maximum atomic E-state index is 8.97. The largest absolute Gasteiger partial charge is 0.192 e. The summed E-state index contributed by atoms with van der Waals surface area (Å²) < 4.78 is 0. The average Bonchev–Trinajstić information content (AvgIpc) is 2.23. The van der Waals surface area contributed by atoms with Crippen molar-refractivity contribution in [3.05, 3.63) is 36.0 Å². The zero-order valence-corrected chi connectivity index (χ0v) is 10.6. The average molecular weight is 215 g/mol. The van der Waals surface area contributed by atoms with Gasteiger partial charge in [-0.1, -0.05) is 52.0 Å². The van der Waals surface area contributed by atoms with Crippen molar-refractivity contribution in [2.45, 2.75) is 27.7 Å². The summed E-state index contributed by atoms with van der Waals surface area (Å²) in [6, 6.07) is 2.23. The van der Waals surface area contributed by atoms with Gasteiger partial charge in [0.25, 0.3) is 0 Å². The third-order valence-corrected chi connectivity index (χ3v) is 3.37. The summed E-state index contributed by atoms with van der Waals surface area (Å²) in [5.41, 5.74) is 0.776. The van der Waals surface area contributed by atoms with Gasteiger partial charge in [-0.15, -0.1) is 0 Å². The maximum Gasteiger partial charge on any atom is 0.0988 e. The van der Waals surface area contributed by atoms with Crippen molar-refractivity contribution in [2.75, 3.05) is 0 Å².